The van der Waals surface area contributed by atoms with E-state index in [4.69, 9.17) is 4.74 Å². The van der Waals surface area contributed by atoms with E-state index in [1.165, 1.54) is 4.31 Å². The van der Waals surface area contributed by atoms with Gasteiger partial charge in [-0.3, -0.25) is 0 Å². The van der Waals surface area contributed by atoms with Gasteiger partial charge in [-0.05, 0) is 19.1 Å². The van der Waals surface area contributed by atoms with Crippen LogP contribution in [0.4, 0.5) is 0 Å². The van der Waals surface area contributed by atoms with Crippen molar-refractivity contribution in [1.82, 2.24) is 4.31 Å². The van der Waals surface area contributed by atoms with Crippen LogP contribution in [0.5, 0.6) is 0 Å². The molecule has 6 heteroatoms. The van der Waals surface area contributed by atoms with Gasteiger partial charge in [0.05, 0.1) is 17.1 Å². The summed E-state index contributed by atoms with van der Waals surface area (Å²) in [5.41, 5.74) is 0. The Hall–Kier alpha value is -0.430. The highest BCUT2D eigenvalue weighted by Crippen LogP contribution is 2.21. The molecule has 1 aliphatic rings. The summed E-state index contributed by atoms with van der Waals surface area (Å²) in [7, 11) is -3.41. The zero-order valence-corrected chi connectivity index (χ0v) is 12.5. The summed E-state index contributed by atoms with van der Waals surface area (Å²) < 4.78 is 32.0. The van der Waals surface area contributed by atoms with Crippen molar-refractivity contribution in [2.75, 3.05) is 18.4 Å². The second kappa shape index (κ2) is 5.69. The molecule has 2 rings (SSSR count). The van der Waals surface area contributed by atoms with E-state index in [0.717, 1.165) is 0 Å². The molecule has 0 spiro atoms. The number of hydrogen-bond acceptors (Lipinski definition) is 3. The molecule has 2 unspecified atom stereocenters. The minimum absolute atomic E-state index is 0.0835. The van der Waals surface area contributed by atoms with Crippen LogP contribution in [0.1, 0.15) is 6.92 Å². The minimum Gasteiger partial charge on any atom is -0.372 e. The summed E-state index contributed by atoms with van der Waals surface area (Å²) in [6.45, 7) is 2.69. The lowest BCUT2D eigenvalue weighted by atomic mass is 10.3. The molecule has 1 aromatic rings. The Labute approximate surface area is 116 Å². The lowest BCUT2D eigenvalue weighted by Crippen LogP contribution is -2.49. The van der Waals surface area contributed by atoms with Crippen LogP contribution in [0.15, 0.2) is 35.2 Å². The van der Waals surface area contributed by atoms with Crippen molar-refractivity contribution in [3.63, 3.8) is 0 Å². The van der Waals surface area contributed by atoms with Gasteiger partial charge in [0.2, 0.25) is 10.0 Å². The van der Waals surface area contributed by atoms with Crippen LogP contribution in [0, 0.1) is 0 Å². The summed E-state index contributed by atoms with van der Waals surface area (Å²) in [6, 6.07) is 8.52. The SMILES string of the molecule is CC1CN(S(=O)(=O)c2ccccc2)CC(CBr)O1. The molecule has 0 aromatic heterocycles. The Kier molecular flexibility index (Phi) is 4.42. The van der Waals surface area contributed by atoms with Gasteiger partial charge in [-0.2, -0.15) is 4.31 Å². The van der Waals surface area contributed by atoms with E-state index in [9.17, 15) is 8.42 Å². The minimum atomic E-state index is -3.41. The van der Waals surface area contributed by atoms with Gasteiger partial charge in [-0.1, -0.05) is 34.1 Å². The Morgan fingerprint density at radius 3 is 2.61 bits per heavy atom. The van der Waals surface area contributed by atoms with E-state index in [2.05, 4.69) is 15.9 Å². The quantitative estimate of drug-likeness (QED) is 0.793. The maximum atomic E-state index is 12.4. The smallest absolute Gasteiger partial charge is 0.243 e. The number of alkyl halides is 1. The third-order valence-corrected chi connectivity index (χ3v) is 5.41. The van der Waals surface area contributed by atoms with E-state index >= 15 is 0 Å². The van der Waals surface area contributed by atoms with Crippen molar-refractivity contribution in [2.24, 2.45) is 0 Å². The largest absolute Gasteiger partial charge is 0.372 e. The van der Waals surface area contributed by atoms with Crippen LogP contribution in [0.25, 0.3) is 0 Å². The lowest BCUT2D eigenvalue weighted by Gasteiger charge is -2.35. The molecule has 0 bridgehead atoms. The molecule has 0 N–H and O–H groups in total. The molecule has 0 aliphatic carbocycles. The van der Waals surface area contributed by atoms with Crippen molar-refractivity contribution >= 4 is 26.0 Å². The van der Waals surface area contributed by atoms with Gasteiger partial charge in [0.25, 0.3) is 0 Å². The van der Waals surface area contributed by atoms with E-state index in [1.807, 2.05) is 13.0 Å². The molecule has 100 valence electrons. The number of halogens is 1. The highest BCUT2D eigenvalue weighted by molar-refractivity contribution is 9.09. The topological polar surface area (TPSA) is 46.6 Å². The van der Waals surface area contributed by atoms with Gasteiger partial charge in [0.15, 0.2) is 0 Å². The van der Waals surface area contributed by atoms with E-state index < -0.39 is 10.0 Å². The average molecular weight is 334 g/mol. The summed E-state index contributed by atoms with van der Waals surface area (Å²) in [4.78, 5) is 0.340. The molecule has 0 radical (unpaired) electrons. The van der Waals surface area contributed by atoms with Crippen LogP contribution >= 0.6 is 15.9 Å². The Morgan fingerprint density at radius 1 is 1.33 bits per heavy atom. The second-order valence-electron chi connectivity index (χ2n) is 4.36. The van der Waals surface area contributed by atoms with Gasteiger partial charge in [-0.25, -0.2) is 8.42 Å². The van der Waals surface area contributed by atoms with Crippen LogP contribution in [-0.2, 0) is 14.8 Å². The van der Waals surface area contributed by atoms with Crippen LogP contribution in [0.2, 0.25) is 0 Å². The molecule has 2 atom stereocenters. The molecule has 0 saturated carbocycles. The first-order valence-corrected chi connectivity index (χ1v) is 8.37. The Bertz CT molecular complexity index is 491. The summed E-state index contributed by atoms with van der Waals surface area (Å²) in [6.07, 6.45) is -0.174. The number of benzene rings is 1. The first kappa shape index (κ1) is 14.0. The van der Waals surface area contributed by atoms with Gasteiger partial charge in [0.1, 0.15) is 0 Å². The van der Waals surface area contributed by atoms with Gasteiger partial charge in [0, 0.05) is 18.4 Å². The first-order valence-electron chi connectivity index (χ1n) is 5.80. The highest BCUT2D eigenvalue weighted by Gasteiger charge is 2.33. The van der Waals surface area contributed by atoms with E-state index in [0.29, 0.717) is 23.3 Å². The Morgan fingerprint density at radius 2 is 2.00 bits per heavy atom. The molecule has 1 heterocycles. The average Bonchev–Trinajstić information content (AvgIpc) is 2.39. The first-order chi connectivity index (χ1) is 8.54. The predicted octanol–water partition coefficient (Wildman–Crippen LogP) is 1.86. The second-order valence-corrected chi connectivity index (χ2v) is 6.94. The predicted molar refractivity (Wildman–Crippen MR) is 73.3 cm³/mol. The summed E-state index contributed by atoms with van der Waals surface area (Å²) in [5, 5.41) is 0.637. The molecular formula is C12H16BrNO3S. The molecule has 1 saturated heterocycles. The van der Waals surface area contributed by atoms with Crippen molar-refractivity contribution in [3.8, 4) is 0 Å². The molecular weight excluding hydrogens is 318 g/mol. The van der Waals surface area contributed by atoms with Gasteiger partial charge < -0.3 is 4.74 Å². The van der Waals surface area contributed by atoms with Crippen LogP contribution < -0.4 is 0 Å². The van der Waals surface area contributed by atoms with Crippen LogP contribution in [0.3, 0.4) is 0 Å². The maximum absolute atomic E-state index is 12.4. The van der Waals surface area contributed by atoms with Crippen molar-refractivity contribution in [1.29, 1.82) is 0 Å². The fourth-order valence-electron chi connectivity index (χ4n) is 2.03. The number of ether oxygens (including phenoxy) is 1. The van der Waals surface area contributed by atoms with Crippen molar-refractivity contribution in [2.45, 2.75) is 24.0 Å². The molecule has 0 amide bonds. The normalized spacial score (nSPS) is 26.1. The maximum Gasteiger partial charge on any atom is 0.243 e. The third-order valence-electron chi connectivity index (χ3n) is 2.85. The van der Waals surface area contributed by atoms with Gasteiger partial charge in [-0.15, -0.1) is 0 Å². The van der Waals surface area contributed by atoms with E-state index in [1.54, 1.807) is 24.3 Å². The fraction of sp³-hybridized carbons (Fsp3) is 0.500. The van der Waals surface area contributed by atoms with Gasteiger partial charge >= 0.3 is 0 Å². The number of hydrogen-bond donors (Lipinski definition) is 0. The summed E-state index contributed by atoms with van der Waals surface area (Å²) in [5.74, 6) is 0. The third kappa shape index (κ3) is 2.93. The fourth-order valence-corrected chi connectivity index (χ4v) is 3.95. The molecule has 18 heavy (non-hydrogen) atoms. The zero-order valence-electron chi connectivity index (χ0n) is 10.1. The highest BCUT2D eigenvalue weighted by atomic mass is 79.9. The lowest BCUT2D eigenvalue weighted by molar-refractivity contribution is -0.0411. The molecule has 1 aliphatic heterocycles. The number of sulfonamides is 1. The monoisotopic (exact) mass is 333 g/mol. The Balaban J connectivity index is 2.25. The van der Waals surface area contributed by atoms with Crippen molar-refractivity contribution < 1.29 is 13.2 Å². The number of nitrogens with zero attached hydrogens (tertiary/aromatic N) is 1. The standard InChI is InChI=1S/C12H16BrNO3S/c1-10-8-14(9-11(7-13)17-10)18(15,16)12-5-3-2-4-6-12/h2-6,10-11H,7-9H2,1H3. The number of rotatable bonds is 3. The molecule has 4 nitrogen and oxygen atoms in total. The van der Waals surface area contributed by atoms with E-state index in [-0.39, 0.29) is 12.2 Å². The zero-order chi connectivity index (χ0) is 13.2. The van der Waals surface area contributed by atoms with Crippen molar-refractivity contribution in [3.05, 3.63) is 30.3 Å². The molecule has 1 fully saturated rings. The molecule has 1 aromatic carbocycles. The number of morpholine rings is 1. The van der Waals surface area contributed by atoms with Crippen LogP contribution in [-0.4, -0.2) is 43.4 Å². The summed E-state index contributed by atoms with van der Waals surface area (Å²) >= 11 is 3.34.